The maximum absolute atomic E-state index is 5.42. The minimum absolute atomic E-state index is 0. The van der Waals surface area contributed by atoms with Crippen LogP contribution in [0.2, 0.25) is 0 Å². The van der Waals surface area contributed by atoms with Gasteiger partial charge in [0, 0.05) is 32.2 Å². The molecule has 1 aliphatic heterocycles. The quantitative estimate of drug-likeness (QED) is 0.335. The SMILES string of the molecule is CN=C(NCc1ccccc1CN1CCCCC1)NCc1ccccc1OC.I. The Kier molecular flexibility index (Phi) is 10.3. The average Bonchev–Trinajstić information content (AvgIpc) is 2.76. The maximum atomic E-state index is 5.42. The number of nitrogens with one attached hydrogen (secondary N) is 2. The summed E-state index contributed by atoms with van der Waals surface area (Å²) in [5.41, 5.74) is 3.84. The Morgan fingerprint density at radius 3 is 2.14 bits per heavy atom. The lowest BCUT2D eigenvalue weighted by Gasteiger charge is -2.27. The van der Waals surface area contributed by atoms with Gasteiger partial charge in [-0.1, -0.05) is 48.9 Å². The molecule has 0 atom stereocenters. The molecule has 5 nitrogen and oxygen atoms in total. The fourth-order valence-electron chi connectivity index (χ4n) is 3.67. The Labute approximate surface area is 192 Å². The lowest BCUT2D eigenvalue weighted by Crippen LogP contribution is -2.37. The van der Waals surface area contributed by atoms with Crippen LogP contribution in [-0.4, -0.2) is 38.1 Å². The predicted molar refractivity (Wildman–Crippen MR) is 131 cm³/mol. The maximum Gasteiger partial charge on any atom is 0.191 e. The molecule has 0 spiro atoms. The van der Waals surface area contributed by atoms with Crippen molar-refractivity contribution in [3.8, 4) is 5.75 Å². The molecule has 0 amide bonds. The number of guanidine groups is 1. The second kappa shape index (κ2) is 12.7. The third-order valence-electron chi connectivity index (χ3n) is 5.27. The van der Waals surface area contributed by atoms with Gasteiger partial charge in [0.05, 0.1) is 7.11 Å². The van der Waals surface area contributed by atoms with Crippen LogP contribution in [0, 0.1) is 0 Å². The number of hydrogen-bond donors (Lipinski definition) is 2. The van der Waals surface area contributed by atoms with E-state index in [4.69, 9.17) is 4.74 Å². The fraction of sp³-hybridized carbons (Fsp3) is 0.435. The van der Waals surface area contributed by atoms with E-state index in [0.29, 0.717) is 6.54 Å². The van der Waals surface area contributed by atoms with E-state index in [1.165, 1.54) is 43.5 Å². The van der Waals surface area contributed by atoms with Crippen LogP contribution in [0.5, 0.6) is 5.75 Å². The van der Waals surface area contributed by atoms with Gasteiger partial charge in [-0.2, -0.15) is 0 Å². The minimum Gasteiger partial charge on any atom is -0.496 e. The van der Waals surface area contributed by atoms with Gasteiger partial charge in [-0.05, 0) is 43.1 Å². The van der Waals surface area contributed by atoms with Crippen LogP contribution in [0.15, 0.2) is 53.5 Å². The van der Waals surface area contributed by atoms with Gasteiger partial charge in [0.1, 0.15) is 5.75 Å². The summed E-state index contributed by atoms with van der Waals surface area (Å²) >= 11 is 0. The zero-order valence-corrected chi connectivity index (χ0v) is 19.8. The zero-order chi connectivity index (χ0) is 19.6. The van der Waals surface area contributed by atoms with Crippen molar-refractivity contribution in [1.82, 2.24) is 15.5 Å². The van der Waals surface area contributed by atoms with E-state index in [9.17, 15) is 0 Å². The van der Waals surface area contributed by atoms with E-state index in [1.54, 1.807) is 14.2 Å². The highest BCUT2D eigenvalue weighted by Gasteiger charge is 2.12. The summed E-state index contributed by atoms with van der Waals surface area (Å²) in [5.74, 6) is 1.68. The number of para-hydroxylation sites is 1. The molecule has 0 aliphatic carbocycles. The first-order valence-electron chi connectivity index (χ1n) is 10.2. The molecule has 1 heterocycles. The number of piperidine rings is 1. The standard InChI is InChI=1S/C23H32N4O.HI/c1-24-23(26-17-20-11-6-7-13-22(20)28-2)25-16-19-10-4-5-12-21(19)18-27-14-8-3-9-15-27;/h4-7,10-13H,3,8-9,14-18H2,1-2H3,(H2,24,25,26);1H. The number of likely N-dealkylation sites (tertiary alicyclic amines) is 1. The molecule has 2 aromatic carbocycles. The number of methoxy groups -OCH3 is 1. The normalized spacial score (nSPS) is 14.8. The predicted octanol–water partition coefficient (Wildman–Crippen LogP) is 4.16. The second-order valence-electron chi connectivity index (χ2n) is 7.20. The molecule has 29 heavy (non-hydrogen) atoms. The summed E-state index contributed by atoms with van der Waals surface area (Å²) in [4.78, 5) is 6.93. The first kappa shape index (κ1) is 23.5. The fourth-order valence-corrected chi connectivity index (χ4v) is 3.67. The van der Waals surface area contributed by atoms with E-state index in [-0.39, 0.29) is 24.0 Å². The van der Waals surface area contributed by atoms with Crippen molar-refractivity contribution in [2.75, 3.05) is 27.2 Å². The molecule has 0 bridgehead atoms. The van der Waals surface area contributed by atoms with Crippen molar-refractivity contribution in [3.05, 3.63) is 65.2 Å². The van der Waals surface area contributed by atoms with Crippen molar-refractivity contribution in [2.45, 2.75) is 38.9 Å². The molecule has 1 fully saturated rings. The van der Waals surface area contributed by atoms with Gasteiger partial charge < -0.3 is 15.4 Å². The monoisotopic (exact) mass is 508 g/mol. The molecule has 0 aromatic heterocycles. The van der Waals surface area contributed by atoms with Crippen LogP contribution in [0.3, 0.4) is 0 Å². The van der Waals surface area contributed by atoms with Gasteiger partial charge in [0.2, 0.25) is 0 Å². The van der Waals surface area contributed by atoms with Gasteiger partial charge in [-0.15, -0.1) is 24.0 Å². The van der Waals surface area contributed by atoms with E-state index in [1.807, 2.05) is 18.2 Å². The molecule has 0 saturated carbocycles. The minimum atomic E-state index is 0. The number of ether oxygens (including phenoxy) is 1. The molecular formula is C23H33IN4O. The second-order valence-corrected chi connectivity index (χ2v) is 7.20. The number of rotatable bonds is 7. The molecule has 0 unspecified atom stereocenters. The Hall–Kier alpha value is -1.80. The number of nitrogens with zero attached hydrogens (tertiary/aromatic N) is 2. The van der Waals surface area contributed by atoms with Crippen molar-refractivity contribution < 1.29 is 4.74 Å². The number of hydrogen-bond acceptors (Lipinski definition) is 3. The summed E-state index contributed by atoms with van der Waals surface area (Å²) in [6.07, 6.45) is 4.01. The van der Waals surface area contributed by atoms with Crippen molar-refractivity contribution >= 4 is 29.9 Å². The molecule has 1 saturated heterocycles. The van der Waals surface area contributed by atoms with Gasteiger partial charge in [0.15, 0.2) is 5.96 Å². The van der Waals surface area contributed by atoms with Gasteiger partial charge in [0.25, 0.3) is 0 Å². The highest BCUT2D eigenvalue weighted by Crippen LogP contribution is 2.17. The van der Waals surface area contributed by atoms with Crippen LogP contribution in [0.1, 0.15) is 36.0 Å². The highest BCUT2D eigenvalue weighted by molar-refractivity contribution is 14.0. The zero-order valence-electron chi connectivity index (χ0n) is 17.5. The van der Waals surface area contributed by atoms with Crippen LogP contribution in [0.25, 0.3) is 0 Å². The van der Waals surface area contributed by atoms with E-state index in [2.05, 4.69) is 50.9 Å². The van der Waals surface area contributed by atoms with Crippen molar-refractivity contribution in [2.24, 2.45) is 4.99 Å². The van der Waals surface area contributed by atoms with Gasteiger partial charge >= 0.3 is 0 Å². The Morgan fingerprint density at radius 1 is 0.897 bits per heavy atom. The Balaban J connectivity index is 0.00000300. The topological polar surface area (TPSA) is 48.9 Å². The number of aliphatic imine (C=N–C) groups is 1. The third kappa shape index (κ3) is 7.19. The van der Waals surface area contributed by atoms with E-state index < -0.39 is 0 Å². The molecule has 0 radical (unpaired) electrons. The Bertz CT molecular complexity index is 775. The molecule has 3 rings (SSSR count). The smallest absolute Gasteiger partial charge is 0.191 e. The lowest BCUT2D eigenvalue weighted by atomic mass is 10.0. The van der Waals surface area contributed by atoms with Crippen LogP contribution in [-0.2, 0) is 19.6 Å². The summed E-state index contributed by atoms with van der Waals surface area (Å²) < 4.78 is 5.42. The van der Waals surface area contributed by atoms with Crippen molar-refractivity contribution in [3.63, 3.8) is 0 Å². The average molecular weight is 508 g/mol. The Morgan fingerprint density at radius 2 is 1.48 bits per heavy atom. The summed E-state index contributed by atoms with van der Waals surface area (Å²) in [6, 6.07) is 16.7. The molecule has 1 aliphatic rings. The summed E-state index contributed by atoms with van der Waals surface area (Å²) in [7, 11) is 3.50. The number of benzene rings is 2. The molecule has 6 heteroatoms. The summed E-state index contributed by atoms with van der Waals surface area (Å²) in [5, 5.41) is 6.83. The van der Waals surface area contributed by atoms with Crippen LogP contribution < -0.4 is 15.4 Å². The molecule has 2 N–H and O–H groups in total. The van der Waals surface area contributed by atoms with E-state index >= 15 is 0 Å². The van der Waals surface area contributed by atoms with Gasteiger partial charge in [-0.3, -0.25) is 9.89 Å². The highest BCUT2D eigenvalue weighted by atomic mass is 127. The molecular weight excluding hydrogens is 475 g/mol. The first-order valence-corrected chi connectivity index (χ1v) is 10.2. The molecule has 2 aromatic rings. The van der Waals surface area contributed by atoms with Crippen molar-refractivity contribution in [1.29, 1.82) is 0 Å². The largest absolute Gasteiger partial charge is 0.496 e. The van der Waals surface area contributed by atoms with E-state index in [0.717, 1.165) is 30.4 Å². The van der Waals surface area contributed by atoms with Crippen LogP contribution in [0.4, 0.5) is 0 Å². The van der Waals surface area contributed by atoms with Gasteiger partial charge in [-0.25, -0.2) is 0 Å². The lowest BCUT2D eigenvalue weighted by molar-refractivity contribution is 0.220. The number of halogens is 1. The van der Waals surface area contributed by atoms with Crippen LogP contribution >= 0.6 is 24.0 Å². The summed E-state index contributed by atoms with van der Waals surface area (Å²) in [6.45, 7) is 4.88. The third-order valence-corrected chi connectivity index (χ3v) is 5.27. The first-order chi connectivity index (χ1) is 13.8. The molecule has 158 valence electrons.